The molecule has 29 heavy (non-hydrogen) atoms. The van der Waals surface area contributed by atoms with Gasteiger partial charge in [0.25, 0.3) is 5.91 Å². The van der Waals surface area contributed by atoms with Crippen molar-refractivity contribution in [2.24, 2.45) is 0 Å². The number of carbonyl (C=O) groups is 1. The Morgan fingerprint density at radius 2 is 2.14 bits per heavy atom. The van der Waals surface area contributed by atoms with Crippen molar-refractivity contribution in [3.8, 4) is 17.3 Å². The minimum Gasteiger partial charge on any atom is -0.488 e. The Morgan fingerprint density at radius 3 is 2.93 bits per heavy atom. The number of amides is 1. The number of hydrogen-bond donors (Lipinski definition) is 1. The van der Waals surface area contributed by atoms with Gasteiger partial charge in [-0.15, -0.1) is 0 Å². The molecular weight excluding hydrogens is 368 g/mol. The first kappa shape index (κ1) is 19.0. The van der Waals surface area contributed by atoms with Crippen LogP contribution in [0.5, 0.6) is 11.5 Å². The van der Waals surface area contributed by atoms with E-state index in [1.807, 2.05) is 37.3 Å². The van der Waals surface area contributed by atoms with Gasteiger partial charge < -0.3 is 14.8 Å². The first-order chi connectivity index (χ1) is 13.9. The van der Waals surface area contributed by atoms with E-state index in [1.54, 1.807) is 17.1 Å². The molecule has 3 heterocycles. The third kappa shape index (κ3) is 3.94. The summed E-state index contributed by atoms with van der Waals surface area (Å²) < 4.78 is 13.5. The summed E-state index contributed by atoms with van der Waals surface area (Å²) in [4.78, 5) is 16.8. The van der Waals surface area contributed by atoms with E-state index in [9.17, 15) is 4.79 Å². The number of pyridine rings is 1. The Balaban J connectivity index is 1.34. The van der Waals surface area contributed by atoms with Crippen LogP contribution in [0.25, 0.3) is 5.82 Å². The number of fused-ring (bicyclic) bond motifs is 1. The van der Waals surface area contributed by atoms with Crippen LogP contribution in [0, 0.1) is 6.92 Å². The maximum Gasteiger partial charge on any atom is 0.254 e. The third-order valence-corrected chi connectivity index (χ3v) is 4.82. The molecule has 1 aliphatic rings. The zero-order valence-electron chi connectivity index (χ0n) is 16.8. The largest absolute Gasteiger partial charge is 0.488 e. The summed E-state index contributed by atoms with van der Waals surface area (Å²) in [5.41, 5.74) is 2.18. The lowest BCUT2D eigenvalue weighted by atomic mass is 10.0. The summed E-state index contributed by atoms with van der Waals surface area (Å²) in [6, 6.07) is 11.5. The SMILES string of the molecule is Cc1c(C(=O)NCCOc2cccc3c2OC(C)(C)C3)cnn1-c1ccccn1. The summed E-state index contributed by atoms with van der Waals surface area (Å²) in [5.74, 6) is 2.00. The molecule has 1 aromatic carbocycles. The summed E-state index contributed by atoms with van der Waals surface area (Å²) in [6.07, 6.45) is 4.11. The Morgan fingerprint density at radius 1 is 1.28 bits per heavy atom. The van der Waals surface area contributed by atoms with Crippen molar-refractivity contribution in [3.63, 3.8) is 0 Å². The molecule has 0 fully saturated rings. The van der Waals surface area contributed by atoms with Crippen LogP contribution in [0.3, 0.4) is 0 Å². The molecule has 0 aliphatic carbocycles. The minimum absolute atomic E-state index is 0.191. The van der Waals surface area contributed by atoms with Crippen molar-refractivity contribution in [2.75, 3.05) is 13.2 Å². The van der Waals surface area contributed by atoms with Gasteiger partial charge in [-0.05, 0) is 39.0 Å². The molecule has 0 saturated heterocycles. The van der Waals surface area contributed by atoms with Crippen LogP contribution in [0.15, 0.2) is 48.8 Å². The number of para-hydroxylation sites is 1. The summed E-state index contributed by atoms with van der Waals surface area (Å²) >= 11 is 0. The Hall–Kier alpha value is -3.35. The standard InChI is InChI=1S/C22H24N4O3/c1-15-17(14-25-26(15)19-9-4-5-10-23-19)21(27)24-11-12-28-18-8-6-7-16-13-22(2,3)29-20(16)18/h4-10,14H,11-13H2,1-3H3,(H,24,27). The van der Waals surface area contributed by atoms with Crippen molar-refractivity contribution < 1.29 is 14.3 Å². The van der Waals surface area contributed by atoms with E-state index in [0.29, 0.717) is 30.3 Å². The zero-order chi connectivity index (χ0) is 20.4. The molecule has 3 aromatic rings. The number of aromatic nitrogens is 3. The van der Waals surface area contributed by atoms with Crippen molar-refractivity contribution in [2.45, 2.75) is 32.8 Å². The van der Waals surface area contributed by atoms with Crippen LogP contribution >= 0.6 is 0 Å². The molecule has 2 aromatic heterocycles. The highest BCUT2D eigenvalue weighted by Gasteiger charge is 2.32. The lowest BCUT2D eigenvalue weighted by molar-refractivity contribution is 0.0945. The fraction of sp³-hybridized carbons (Fsp3) is 0.318. The summed E-state index contributed by atoms with van der Waals surface area (Å²) in [5, 5.41) is 7.16. The van der Waals surface area contributed by atoms with Gasteiger partial charge in [0.05, 0.1) is 24.0 Å². The first-order valence-electron chi connectivity index (χ1n) is 9.62. The second-order valence-electron chi connectivity index (χ2n) is 7.63. The first-order valence-corrected chi connectivity index (χ1v) is 9.62. The quantitative estimate of drug-likeness (QED) is 0.652. The van der Waals surface area contributed by atoms with Crippen LogP contribution in [0.2, 0.25) is 0 Å². The minimum atomic E-state index is -0.221. The van der Waals surface area contributed by atoms with Gasteiger partial charge in [-0.2, -0.15) is 5.10 Å². The molecule has 0 spiro atoms. The van der Waals surface area contributed by atoms with Gasteiger partial charge in [-0.25, -0.2) is 9.67 Å². The maximum atomic E-state index is 12.5. The van der Waals surface area contributed by atoms with E-state index in [0.717, 1.165) is 23.4 Å². The average Bonchev–Trinajstić information content (AvgIpc) is 3.24. The van der Waals surface area contributed by atoms with Gasteiger partial charge >= 0.3 is 0 Å². The molecule has 150 valence electrons. The van der Waals surface area contributed by atoms with Crippen LogP contribution in [0.1, 0.15) is 35.5 Å². The summed E-state index contributed by atoms with van der Waals surface area (Å²) in [6.45, 7) is 6.69. The van der Waals surface area contributed by atoms with E-state index in [4.69, 9.17) is 9.47 Å². The van der Waals surface area contributed by atoms with Crippen LogP contribution in [-0.2, 0) is 6.42 Å². The molecule has 0 bridgehead atoms. The number of carbonyl (C=O) groups excluding carboxylic acids is 1. The van der Waals surface area contributed by atoms with Crippen molar-refractivity contribution in [1.29, 1.82) is 0 Å². The van der Waals surface area contributed by atoms with E-state index in [-0.39, 0.29) is 11.5 Å². The topological polar surface area (TPSA) is 78.3 Å². The molecule has 1 N–H and O–H groups in total. The molecule has 7 nitrogen and oxygen atoms in total. The predicted octanol–water partition coefficient (Wildman–Crippen LogP) is 3.10. The molecular formula is C22H24N4O3. The molecule has 0 radical (unpaired) electrons. The highest BCUT2D eigenvalue weighted by Crippen LogP contribution is 2.41. The fourth-order valence-corrected chi connectivity index (χ4v) is 3.46. The number of ether oxygens (including phenoxy) is 2. The lowest BCUT2D eigenvalue weighted by Gasteiger charge is -2.18. The van der Waals surface area contributed by atoms with Crippen LogP contribution < -0.4 is 14.8 Å². The lowest BCUT2D eigenvalue weighted by Crippen LogP contribution is -2.28. The molecule has 4 rings (SSSR count). The Labute approximate surface area is 169 Å². The molecule has 7 heteroatoms. The van der Waals surface area contributed by atoms with E-state index in [2.05, 4.69) is 35.3 Å². The molecule has 1 amide bonds. The smallest absolute Gasteiger partial charge is 0.254 e. The van der Waals surface area contributed by atoms with Crippen LogP contribution in [0.4, 0.5) is 0 Å². The highest BCUT2D eigenvalue weighted by atomic mass is 16.5. The maximum absolute atomic E-state index is 12.5. The molecule has 0 unspecified atom stereocenters. The number of hydrogen-bond acceptors (Lipinski definition) is 5. The van der Waals surface area contributed by atoms with Gasteiger partial charge in [0.2, 0.25) is 0 Å². The van der Waals surface area contributed by atoms with Gasteiger partial charge in [0, 0.05) is 18.2 Å². The second kappa shape index (κ2) is 7.58. The monoisotopic (exact) mass is 392 g/mol. The number of rotatable bonds is 6. The van der Waals surface area contributed by atoms with Crippen molar-refractivity contribution in [1.82, 2.24) is 20.1 Å². The van der Waals surface area contributed by atoms with Gasteiger partial charge in [-0.3, -0.25) is 4.79 Å². The Bertz CT molecular complexity index is 1030. The summed E-state index contributed by atoms with van der Waals surface area (Å²) in [7, 11) is 0. The van der Waals surface area contributed by atoms with E-state index in [1.165, 1.54) is 0 Å². The molecule has 0 atom stereocenters. The third-order valence-electron chi connectivity index (χ3n) is 4.82. The Kier molecular flexibility index (Phi) is 4.96. The van der Waals surface area contributed by atoms with E-state index < -0.39 is 0 Å². The fourth-order valence-electron chi connectivity index (χ4n) is 3.46. The molecule has 1 aliphatic heterocycles. The van der Waals surface area contributed by atoms with E-state index >= 15 is 0 Å². The second-order valence-corrected chi connectivity index (χ2v) is 7.63. The van der Waals surface area contributed by atoms with Crippen LogP contribution in [-0.4, -0.2) is 39.4 Å². The van der Waals surface area contributed by atoms with Gasteiger partial charge in [-0.1, -0.05) is 18.2 Å². The molecule has 0 saturated carbocycles. The average molecular weight is 392 g/mol. The number of benzene rings is 1. The zero-order valence-corrected chi connectivity index (χ0v) is 16.8. The number of nitrogens with zero attached hydrogens (tertiary/aromatic N) is 3. The van der Waals surface area contributed by atoms with Crippen molar-refractivity contribution >= 4 is 5.91 Å². The van der Waals surface area contributed by atoms with Crippen molar-refractivity contribution in [3.05, 3.63) is 65.6 Å². The highest BCUT2D eigenvalue weighted by molar-refractivity contribution is 5.95. The predicted molar refractivity (Wildman–Crippen MR) is 109 cm³/mol. The van der Waals surface area contributed by atoms with Gasteiger partial charge in [0.15, 0.2) is 17.3 Å². The normalized spacial score (nSPS) is 14.2. The van der Waals surface area contributed by atoms with Gasteiger partial charge in [0.1, 0.15) is 12.2 Å². The number of nitrogens with one attached hydrogen (secondary N) is 1.